The third-order valence-electron chi connectivity index (χ3n) is 5.08. The molecule has 1 N–H and O–H groups in total. The monoisotopic (exact) mass is 434 g/mol. The van der Waals surface area contributed by atoms with Crippen LogP contribution in [0.25, 0.3) is 11.0 Å². The molecule has 32 heavy (non-hydrogen) atoms. The number of ether oxygens (including phenoxy) is 1. The molecule has 6 nitrogen and oxygen atoms in total. The van der Waals surface area contributed by atoms with Crippen LogP contribution in [0.2, 0.25) is 0 Å². The van der Waals surface area contributed by atoms with Gasteiger partial charge in [0.25, 0.3) is 5.91 Å². The Morgan fingerprint density at radius 1 is 1.16 bits per heavy atom. The van der Waals surface area contributed by atoms with Crippen LogP contribution < -0.4 is 15.7 Å². The fraction of sp³-hybridized carbons (Fsp3) is 0.308. The van der Waals surface area contributed by atoms with Gasteiger partial charge in [-0.05, 0) is 77.2 Å². The number of aryl methyl sites for hydroxylation is 1. The van der Waals surface area contributed by atoms with Crippen molar-refractivity contribution in [1.29, 1.82) is 0 Å². The van der Waals surface area contributed by atoms with Crippen molar-refractivity contribution in [3.8, 4) is 5.75 Å². The summed E-state index contributed by atoms with van der Waals surface area (Å²) in [4.78, 5) is 27.4. The van der Waals surface area contributed by atoms with E-state index in [1.54, 1.807) is 12.1 Å². The molecule has 0 radical (unpaired) electrons. The van der Waals surface area contributed by atoms with Crippen LogP contribution in [0.1, 0.15) is 35.3 Å². The molecular formula is C26H30N2O4. The van der Waals surface area contributed by atoms with Gasteiger partial charge in [-0.2, -0.15) is 0 Å². The van der Waals surface area contributed by atoms with E-state index >= 15 is 0 Å². The SMILES string of the molecule is CC(C)=CCc1cccc(C(=O)Nc2cc3ccc(OCCN(C)C)c(C)c3oc2=O)c1. The van der Waals surface area contributed by atoms with Gasteiger partial charge in [-0.25, -0.2) is 4.79 Å². The summed E-state index contributed by atoms with van der Waals surface area (Å²) in [7, 11) is 3.95. The standard InChI is InChI=1S/C26H30N2O4/c1-17(2)9-10-19-7-6-8-21(15-19)25(29)27-22-16-20-11-12-23(31-14-13-28(4)5)18(3)24(20)32-26(22)30/h6-9,11-12,15-16H,10,13-14H2,1-5H3,(H,27,29). The highest BCUT2D eigenvalue weighted by atomic mass is 16.5. The molecule has 3 aromatic rings. The average molecular weight is 435 g/mol. The van der Waals surface area contributed by atoms with Gasteiger partial charge in [0, 0.05) is 23.1 Å². The minimum absolute atomic E-state index is 0.109. The molecule has 168 valence electrons. The van der Waals surface area contributed by atoms with E-state index in [1.165, 1.54) is 5.57 Å². The van der Waals surface area contributed by atoms with E-state index in [0.29, 0.717) is 23.5 Å². The zero-order chi connectivity index (χ0) is 23.3. The molecule has 0 bridgehead atoms. The van der Waals surface area contributed by atoms with Crippen LogP contribution in [0, 0.1) is 6.92 Å². The maximum absolute atomic E-state index is 12.8. The molecule has 0 saturated heterocycles. The number of carbonyl (C=O) groups excluding carboxylic acids is 1. The van der Waals surface area contributed by atoms with Crippen LogP contribution in [0.15, 0.2) is 63.3 Å². The first-order valence-electron chi connectivity index (χ1n) is 10.6. The molecule has 1 aromatic heterocycles. The quantitative estimate of drug-likeness (QED) is 0.407. The second-order valence-corrected chi connectivity index (χ2v) is 8.35. The minimum Gasteiger partial charge on any atom is -0.492 e. The summed E-state index contributed by atoms with van der Waals surface area (Å²) in [5.74, 6) is 0.323. The number of nitrogens with one attached hydrogen (secondary N) is 1. The van der Waals surface area contributed by atoms with Crippen LogP contribution in [-0.4, -0.2) is 38.1 Å². The largest absolute Gasteiger partial charge is 0.492 e. The minimum atomic E-state index is -0.597. The second kappa shape index (κ2) is 10.3. The number of likely N-dealkylation sites (N-methyl/N-ethyl adjacent to an activating group) is 1. The third-order valence-corrected chi connectivity index (χ3v) is 5.08. The van der Waals surface area contributed by atoms with Gasteiger partial charge in [-0.15, -0.1) is 0 Å². The molecule has 1 amide bonds. The molecule has 0 aliphatic rings. The molecule has 0 aliphatic carbocycles. The number of amides is 1. The number of carbonyl (C=O) groups is 1. The van der Waals surface area contributed by atoms with Crippen molar-refractivity contribution >= 4 is 22.6 Å². The van der Waals surface area contributed by atoms with E-state index in [4.69, 9.17) is 9.15 Å². The van der Waals surface area contributed by atoms with Gasteiger partial charge < -0.3 is 19.4 Å². The third kappa shape index (κ3) is 5.86. The van der Waals surface area contributed by atoms with E-state index in [-0.39, 0.29) is 11.6 Å². The first-order chi connectivity index (χ1) is 15.2. The highest BCUT2D eigenvalue weighted by molar-refractivity contribution is 6.05. The topological polar surface area (TPSA) is 71.8 Å². The number of fused-ring (bicyclic) bond motifs is 1. The molecule has 1 heterocycles. The highest BCUT2D eigenvalue weighted by Crippen LogP contribution is 2.28. The van der Waals surface area contributed by atoms with Crippen LogP contribution in [-0.2, 0) is 6.42 Å². The van der Waals surface area contributed by atoms with E-state index in [1.807, 2.05) is 70.1 Å². The molecule has 0 unspecified atom stereocenters. The van der Waals surface area contributed by atoms with Crippen molar-refractivity contribution in [1.82, 2.24) is 4.90 Å². The van der Waals surface area contributed by atoms with Crippen molar-refractivity contribution in [3.05, 3.63) is 81.2 Å². The summed E-state index contributed by atoms with van der Waals surface area (Å²) < 4.78 is 11.4. The van der Waals surface area contributed by atoms with Gasteiger partial charge in [-0.1, -0.05) is 23.8 Å². The molecule has 0 saturated carbocycles. The molecule has 6 heteroatoms. The Hall–Kier alpha value is -3.38. The summed E-state index contributed by atoms with van der Waals surface area (Å²) >= 11 is 0. The van der Waals surface area contributed by atoms with Gasteiger partial charge in [0.05, 0.1) is 0 Å². The molecule has 0 aliphatic heterocycles. The van der Waals surface area contributed by atoms with Gasteiger partial charge in [0.2, 0.25) is 0 Å². The zero-order valence-corrected chi connectivity index (χ0v) is 19.3. The van der Waals surface area contributed by atoms with Crippen LogP contribution in [0.3, 0.4) is 0 Å². The Morgan fingerprint density at radius 2 is 1.94 bits per heavy atom. The zero-order valence-electron chi connectivity index (χ0n) is 19.3. The number of hydrogen-bond acceptors (Lipinski definition) is 5. The number of allylic oxidation sites excluding steroid dienone is 2. The molecular weight excluding hydrogens is 404 g/mol. The Morgan fingerprint density at radius 3 is 2.66 bits per heavy atom. The summed E-state index contributed by atoms with van der Waals surface area (Å²) in [6, 6.07) is 12.7. The Bertz CT molecular complexity index is 1200. The number of hydrogen-bond donors (Lipinski definition) is 1. The lowest BCUT2D eigenvalue weighted by atomic mass is 10.1. The number of rotatable bonds is 8. The van der Waals surface area contributed by atoms with Crippen molar-refractivity contribution in [2.75, 3.05) is 32.6 Å². The summed E-state index contributed by atoms with van der Waals surface area (Å²) in [5.41, 5.74) is 3.46. The lowest BCUT2D eigenvalue weighted by molar-refractivity contribution is 0.102. The Balaban J connectivity index is 1.81. The lowest BCUT2D eigenvalue weighted by Gasteiger charge is -2.14. The summed E-state index contributed by atoms with van der Waals surface area (Å²) in [6.45, 7) is 7.24. The van der Waals surface area contributed by atoms with Gasteiger partial charge >= 0.3 is 5.63 Å². The Labute approximate surface area is 188 Å². The van der Waals surface area contributed by atoms with Crippen LogP contribution >= 0.6 is 0 Å². The van der Waals surface area contributed by atoms with Crippen molar-refractivity contribution in [2.45, 2.75) is 27.2 Å². The van der Waals surface area contributed by atoms with E-state index in [2.05, 4.69) is 11.4 Å². The maximum atomic E-state index is 12.8. The highest BCUT2D eigenvalue weighted by Gasteiger charge is 2.14. The van der Waals surface area contributed by atoms with E-state index in [9.17, 15) is 9.59 Å². The summed E-state index contributed by atoms with van der Waals surface area (Å²) in [6.07, 6.45) is 2.86. The predicted molar refractivity (Wildman–Crippen MR) is 129 cm³/mol. The number of anilines is 1. The molecule has 2 aromatic carbocycles. The molecule has 3 rings (SSSR count). The van der Waals surface area contributed by atoms with Crippen molar-refractivity contribution in [2.24, 2.45) is 0 Å². The van der Waals surface area contributed by atoms with Gasteiger partial charge in [0.1, 0.15) is 23.6 Å². The average Bonchev–Trinajstić information content (AvgIpc) is 2.75. The normalized spacial score (nSPS) is 10.9. The van der Waals surface area contributed by atoms with E-state index < -0.39 is 5.63 Å². The molecule has 0 fully saturated rings. The first-order valence-corrected chi connectivity index (χ1v) is 10.6. The maximum Gasteiger partial charge on any atom is 0.360 e. The lowest BCUT2D eigenvalue weighted by Crippen LogP contribution is -2.19. The van der Waals surface area contributed by atoms with Crippen molar-refractivity contribution < 1.29 is 13.9 Å². The smallest absolute Gasteiger partial charge is 0.360 e. The number of benzene rings is 2. The molecule has 0 spiro atoms. The van der Waals surface area contributed by atoms with Gasteiger partial charge in [0.15, 0.2) is 0 Å². The van der Waals surface area contributed by atoms with Crippen LogP contribution in [0.4, 0.5) is 5.69 Å². The predicted octanol–water partition coefficient (Wildman–Crippen LogP) is 4.80. The second-order valence-electron chi connectivity index (χ2n) is 8.35. The summed E-state index contributed by atoms with van der Waals surface area (Å²) in [5, 5.41) is 3.41. The van der Waals surface area contributed by atoms with Crippen molar-refractivity contribution in [3.63, 3.8) is 0 Å². The first kappa shape index (κ1) is 23.3. The molecule has 0 atom stereocenters. The Kier molecular flexibility index (Phi) is 7.49. The number of nitrogens with zero attached hydrogens (tertiary/aromatic N) is 1. The van der Waals surface area contributed by atoms with E-state index in [0.717, 1.165) is 29.5 Å². The fourth-order valence-corrected chi connectivity index (χ4v) is 3.24. The fourth-order valence-electron chi connectivity index (χ4n) is 3.24. The van der Waals surface area contributed by atoms with Gasteiger partial charge in [-0.3, -0.25) is 4.79 Å². The van der Waals surface area contributed by atoms with Crippen LogP contribution in [0.5, 0.6) is 5.75 Å².